The third kappa shape index (κ3) is 4.15. The zero-order chi connectivity index (χ0) is 21.3. The fraction of sp³-hybridized carbons (Fsp3) is 0.500. The topological polar surface area (TPSA) is 61.1 Å². The van der Waals surface area contributed by atoms with Gasteiger partial charge in [-0.2, -0.15) is 5.10 Å². The highest BCUT2D eigenvalue weighted by Gasteiger charge is 2.37. The van der Waals surface area contributed by atoms with Crippen LogP contribution in [-0.4, -0.2) is 54.1 Å². The fourth-order valence-electron chi connectivity index (χ4n) is 4.47. The second kappa shape index (κ2) is 8.26. The van der Waals surface area contributed by atoms with Gasteiger partial charge in [-0.15, -0.1) is 0 Å². The smallest absolute Gasteiger partial charge is 0.289 e. The number of hydrazone groups is 1. The maximum absolute atomic E-state index is 13.2. The van der Waals surface area contributed by atoms with Crippen LogP contribution in [0.15, 0.2) is 39.9 Å². The van der Waals surface area contributed by atoms with E-state index in [1.807, 2.05) is 42.2 Å². The quantitative estimate of drug-likeness (QED) is 0.772. The van der Waals surface area contributed by atoms with E-state index in [0.717, 1.165) is 73.9 Å². The number of nitrogens with one attached hydrogen (secondary N) is 1. The summed E-state index contributed by atoms with van der Waals surface area (Å²) in [6, 6.07) is 9.94. The van der Waals surface area contributed by atoms with Gasteiger partial charge in [-0.25, -0.2) is 0 Å². The van der Waals surface area contributed by atoms with E-state index in [0.29, 0.717) is 5.76 Å². The summed E-state index contributed by atoms with van der Waals surface area (Å²) in [6.07, 6.45) is 1.65. The highest BCUT2D eigenvalue weighted by molar-refractivity contribution is 6.07. The van der Waals surface area contributed by atoms with E-state index in [1.165, 1.54) is 0 Å². The molecule has 160 valence electrons. The first kappa shape index (κ1) is 20.7. The SMILES string of the molecule is CCN1CCN(C(=O)c2oc3c(c2C)/C(=N\Nc2ccccc2)CC(C)(C)C3)CC1. The predicted octanol–water partition coefficient (Wildman–Crippen LogP) is 4.15. The Morgan fingerprint density at radius 2 is 1.83 bits per heavy atom. The first-order valence-electron chi connectivity index (χ1n) is 10.9. The van der Waals surface area contributed by atoms with Crippen LogP contribution in [0, 0.1) is 12.3 Å². The molecule has 1 N–H and O–H groups in total. The number of likely N-dealkylation sites (N-methyl/N-ethyl adjacent to an activating group) is 1. The molecule has 6 nitrogen and oxygen atoms in total. The number of amides is 1. The molecule has 4 rings (SSSR count). The van der Waals surface area contributed by atoms with E-state index in [-0.39, 0.29) is 11.3 Å². The molecule has 2 heterocycles. The van der Waals surface area contributed by atoms with E-state index in [4.69, 9.17) is 9.52 Å². The molecule has 1 aliphatic heterocycles. The normalized spacial score (nSPS) is 20.3. The van der Waals surface area contributed by atoms with E-state index in [9.17, 15) is 4.79 Å². The molecule has 0 saturated carbocycles. The molecule has 1 fully saturated rings. The Morgan fingerprint density at radius 1 is 1.13 bits per heavy atom. The number of para-hydroxylation sites is 1. The molecule has 1 aromatic heterocycles. The van der Waals surface area contributed by atoms with Gasteiger partial charge in [0, 0.05) is 43.7 Å². The number of rotatable bonds is 4. The van der Waals surface area contributed by atoms with Gasteiger partial charge in [-0.1, -0.05) is 39.0 Å². The fourth-order valence-corrected chi connectivity index (χ4v) is 4.47. The third-order valence-electron chi connectivity index (χ3n) is 6.19. The second-order valence-electron chi connectivity index (χ2n) is 9.13. The van der Waals surface area contributed by atoms with Crippen molar-refractivity contribution in [1.82, 2.24) is 9.80 Å². The van der Waals surface area contributed by atoms with E-state index in [2.05, 4.69) is 31.1 Å². The summed E-state index contributed by atoms with van der Waals surface area (Å²) in [6.45, 7) is 13.0. The first-order chi connectivity index (χ1) is 14.4. The van der Waals surface area contributed by atoms with Crippen LogP contribution in [0.25, 0.3) is 0 Å². The van der Waals surface area contributed by atoms with E-state index in [1.54, 1.807) is 0 Å². The molecule has 1 aromatic carbocycles. The van der Waals surface area contributed by atoms with Gasteiger partial charge in [-0.05, 0) is 37.4 Å². The van der Waals surface area contributed by atoms with Gasteiger partial charge >= 0.3 is 0 Å². The maximum atomic E-state index is 13.2. The number of anilines is 1. The van der Waals surface area contributed by atoms with Gasteiger partial charge in [0.05, 0.1) is 11.4 Å². The van der Waals surface area contributed by atoms with Crippen LogP contribution < -0.4 is 5.43 Å². The number of nitrogens with zero attached hydrogens (tertiary/aromatic N) is 3. The molecule has 2 aromatic rings. The molecule has 2 aliphatic rings. The summed E-state index contributed by atoms with van der Waals surface area (Å²) in [7, 11) is 0. The Morgan fingerprint density at radius 3 is 2.50 bits per heavy atom. The molecule has 30 heavy (non-hydrogen) atoms. The number of fused-ring (bicyclic) bond motifs is 1. The summed E-state index contributed by atoms with van der Waals surface area (Å²) in [5.41, 5.74) is 7.03. The summed E-state index contributed by atoms with van der Waals surface area (Å²) in [4.78, 5) is 17.5. The summed E-state index contributed by atoms with van der Waals surface area (Å²) >= 11 is 0. The number of carbonyl (C=O) groups excluding carboxylic acids is 1. The Labute approximate surface area is 178 Å². The van der Waals surface area contributed by atoms with Gasteiger partial charge < -0.3 is 14.2 Å². The molecule has 1 aliphatic carbocycles. The average Bonchev–Trinajstić information content (AvgIpc) is 3.07. The van der Waals surface area contributed by atoms with Crippen molar-refractivity contribution in [3.05, 3.63) is 53.0 Å². The van der Waals surface area contributed by atoms with Crippen molar-refractivity contribution in [1.29, 1.82) is 0 Å². The van der Waals surface area contributed by atoms with Crippen molar-refractivity contribution >= 4 is 17.3 Å². The molecule has 6 heteroatoms. The number of hydrogen-bond acceptors (Lipinski definition) is 5. The Hall–Kier alpha value is -2.60. The monoisotopic (exact) mass is 408 g/mol. The first-order valence-corrected chi connectivity index (χ1v) is 10.9. The van der Waals surface area contributed by atoms with Crippen LogP contribution >= 0.6 is 0 Å². The molecular formula is C24H32N4O2. The number of benzene rings is 1. The minimum Gasteiger partial charge on any atom is -0.455 e. The van der Waals surface area contributed by atoms with Gasteiger partial charge in [0.1, 0.15) is 5.76 Å². The van der Waals surface area contributed by atoms with Crippen LogP contribution in [0.1, 0.15) is 54.6 Å². The molecule has 0 radical (unpaired) electrons. The molecule has 0 unspecified atom stereocenters. The summed E-state index contributed by atoms with van der Waals surface area (Å²) in [5.74, 6) is 1.37. The predicted molar refractivity (Wildman–Crippen MR) is 120 cm³/mol. The Kier molecular flexibility index (Phi) is 5.69. The van der Waals surface area contributed by atoms with Crippen molar-refractivity contribution in [2.45, 2.75) is 40.5 Å². The number of carbonyl (C=O) groups is 1. The van der Waals surface area contributed by atoms with Gasteiger partial charge in [0.25, 0.3) is 5.91 Å². The summed E-state index contributed by atoms with van der Waals surface area (Å²) in [5, 5.41) is 4.73. The van der Waals surface area contributed by atoms with Gasteiger partial charge in [-0.3, -0.25) is 10.2 Å². The van der Waals surface area contributed by atoms with Crippen LogP contribution in [0.2, 0.25) is 0 Å². The number of hydrogen-bond donors (Lipinski definition) is 1. The number of furan rings is 1. The lowest BCUT2D eigenvalue weighted by atomic mass is 9.75. The van der Waals surface area contributed by atoms with E-state index >= 15 is 0 Å². The van der Waals surface area contributed by atoms with Crippen LogP contribution in [0.3, 0.4) is 0 Å². The van der Waals surface area contributed by atoms with Crippen LogP contribution in [0.4, 0.5) is 5.69 Å². The summed E-state index contributed by atoms with van der Waals surface area (Å²) < 4.78 is 6.21. The molecule has 1 amide bonds. The Bertz CT molecular complexity index is 938. The van der Waals surface area contributed by atoms with Crippen molar-refractivity contribution < 1.29 is 9.21 Å². The maximum Gasteiger partial charge on any atom is 0.289 e. The lowest BCUT2D eigenvalue weighted by Crippen LogP contribution is -2.48. The third-order valence-corrected chi connectivity index (χ3v) is 6.19. The van der Waals surface area contributed by atoms with Gasteiger partial charge in [0.15, 0.2) is 5.76 Å². The Balaban J connectivity index is 1.62. The van der Waals surface area contributed by atoms with Crippen LogP contribution in [0.5, 0.6) is 0 Å². The van der Waals surface area contributed by atoms with Crippen molar-refractivity contribution in [3.8, 4) is 0 Å². The average molecular weight is 409 g/mol. The molecular weight excluding hydrogens is 376 g/mol. The zero-order valence-electron chi connectivity index (χ0n) is 18.5. The zero-order valence-corrected chi connectivity index (χ0v) is 18.5. The molecule has 0 atom stereocenters. The largest absolute Gasteiger partial charge is 0.455 e. The second-order valence-corrected chi connectivity index (χ2v) is 9.13. The van der Waals surface area contributed by atoms with Crippen LogP contribution in [-0.2, 0) is 6.42 Å². The standard InChI is InChI=1S/C24H32N4O2/c1-5-27-11-13-28(14-12-27)23(29)22-17(2)21-19(15-24(3,4)16-20(21)30-22)26-25-18-9-7-6-8-10-18/h6-10,25H,5,11-16H2,1-4H3/b26-19-. The lowest BCUT2D eigenvalue weighted by molar-refractivity contribution is 0.0608. The van der Waals surface area contributed by atoms with Crippen molar-refractivity contribution in [3.63, 3.8) is 0 Å². The van der Waals surface area contributed by atoms with Crippen molar-refractivity contribution in [2.24, 2.45) is 10.5 Å². The molecule has 0 bridgehead atoms. The van der Waals surface area contributed by atoms with E-state index < -0.39 is 0 Å². The molecule has 1 saturated heterocycles. The minimum atomic E-state index is 0.00540. The van der Waals surface area contributed by atoms with Gasteiger partial charge in [0.2, 0.25) is 0 Å². The lowest BCUT2D eigenvalue weighted by Gasteiger charge is -2.33. The number of piperazine rings is 1. The highest BCUT2D eigenvalue weighted by Crippen LogP contribution is 2.39. The highest BCUT2D eigenvalue weighted by atomic mass is 16.4. The van der Waals surface area contributed by atoms with Crippen molar-refractivity contribution in [2.75, 3.05) is 38.1 Å². The minimum absolute atomic E-state index is 0.00540. The molecule has 0 spiro atoms.